The minimum Gasteiger partial charge on any atom is -0.466 e. The number of piperazine rings is 1. The summed E-state index contributed by atoms with van der Waals surface area (Å²) in [6, 6.07) is 5.32. The highest BCUT2D eigenvalue weighted by Gasteiger charge is 2.39. The number of ether oxygens (including phenoxy) is 1. The minimum atomic E-state index is -3.88. The standard InChI is InChI=1S/C18H26N2O5S/c1-13(2)8-11-25-17(21)12-16-18(22)19-9-10-20(16)26(23,24)15-6-4-14(3)5-7-15/h4-7,13,16H,8-12H2,1-3H3,(H,19,22). The van der Waals surface area contributed by atoms with E-state index in [1.54, 1.807) is 12.1 Å². The highest BCUT2D eigenvalue weighted by atomic mass is 32.2. The average Bonchev–Trinajstić information content (AvgIpc) is 2.56. The third-order valence-electron chi connectivity index (χ3n) is 4.23. The average molecular weight is 382 g/mol. The molecule has 1 atom stereocenters. The first kappa shape index (κ1) is 20.4. The van der Waals surface area contributed by atoms with E-state index in [9.17, 15) is 18.0 Å². The molecule has 1 amide bonds. The molecule has 1 heterocycles. The maximum absolute atomic E-state index is 12.9. The summed E-state index contributed by atoms with van der Waals surface area (Å²) in [6.07, 6.45) is 0.420. The molecule has 1 aromatic carbocycles. The van der Waals surface area contributed by atoms with Gasteiger partial charge in [-0.15, -0.1) is 0 Å². The van der Waals surface area contributed by atoms with Crippen molar-refractivity contribution < 1.29 is 22.7 Å². The van der Waals surface area contributed by atoms with Crippen molar-refractivity contribution in [2.75, 3.05) is 19.7 Å². The second kappa shape index (κ2) is 8.64. The summed E-state index contributed by atoms with van der Waals surface area (Å²) in [5.41, 5.74) is 0.936. The molecule has 1 N–H and O–H groups in total. The Morgan fingerprint density at radius 2 is 1.96 bits per heavy atom. The van der Waals surface area contributed by atoms with Gasteiger partial charge in [-0.2, -0.15) is 4.31 Å². The Labute approximate surface area is 154 Å². The lowest BCUT2D eigenvalue weighted by molar-refractivity contribution is -0.147. The van der Waals surface area contributed by atoms with Gasteiger partial charge in [0.15, 0.2) is 0 Å². The maximum atomic E-state index is 12.9. The third-order valence-corrected chi connectivity index (χ3v) is 6.15. The van der Waals surface area contributed by atoms with E-state index in [-0.39, 0.29) is 31.0 Å². The molecule has 0 radical (unpaired) electrons. The number of amides is 1. The number of nitrogens with zero attached hydrogens (tertiary/aromatic N) is 1. The van der Waals surface area contributed by atoms with Crippen molar-refractivity contribution >= 4 is 21.9 Å². The van der Waals surface area contributed by atoms with Gasteiger partial charge in [-0.05, 0) is 31.4 Å². The van der Waals surface area contributed by atoms with Crippen molar-refractivity contribution in [3.05, 3.63) is 29.8 Å². The molecule has 0 saturated carbocycles. The number of hydrogen-bond acceptors (Lipinski definition) is 5. The zero-order chi connectivity index (χ0) is 19.3. The van der Waals surface area contributed by atoms with Crippen LogP contribution < -0.4 is 5.32 Å². The van der Waals surface area contributed by atoms with E-state index in [4.69, 9.17) is 4.74 Å². The number of benzene rings is 1. The van der Waals surface area contributed by atoms with Crippen LogP contribution >= 0.6 is 0 Å². The van der Waals surface area contributed by atoms with E-state index >= 15 is 0 Å². The van der Waals surface area contributed by atoms with Crippen LogP contribution in [0.2, 0.25) is 0 Å². The van der Waals surface area contributed by atoms with Crippen LogP contribution in [0.15, 0.2) is 29.2 Å². The largest absolute Gasteiger partial charge is 0.466 e. The first-order valence-corrected chi connectivity index (χ1v) is 10.2. The van der Waals surface area contributed by atoms with Gasteiger partial charge in [0.25, 0.3) is 0 Å². The predicted molar refractivity (Wildman–Crippen MR) is 96.9 cm³/mol. The van der Waals surface area contributed by atoms with E-state index in [0.717, 1.165) is 9.87 Å². The quantitative estimate of drug-likeness (QED) is 0.721. The summed E-state index contributed by atoms with van der Waals surface area (Å²) in [7, 11) is -3.88. The number of nitrogens with one attached hydrogen (secondary N) is 1. The summed E-state index contributed by atoms with van der Waals surface area (Å²) in [5, 5.41) is 2.62. The van der Waals surface area contributed by atoms with Crippen molar-refractivity contribution in [2.24, 2.45) is 5.92 Å². The topological polar surface area (TPSA) is 92.8 Å². The van der Waals surface area contributed by atoms with Crippen molar-refractivity contribution in [3.63, 3.8) is 0 Å². The van der Waals surface area contributed by atoms with Crippen LogP contribution in [0, 0.1) is 12.8 Å². The van der Waals surface area contributed by atoms with E-state index in [0.29, 0.717) is 12.3 Å². The Morgan fingerprint density at radius 1 is 1.31 bits per heavy atom. The molecule has 7 nitrogen and oxygen atoms in total. The number of esters is 1. The lowest BCUT2D eigenvalue weighted by Gasteiger charge is -2.33. The molecule has 0 aromatic heterocycles. The van der Waals surface area contributed by atoms with Gasteiger partial charge < -0.3 is 10.1 Å². The predicted octanol–water partition coefficient (Wildman–Crippen LogP) is 1.46. The fourth-order valence-corrected chi connectivity index (χ4v) is 4.23. The SMILES string of the molecule is Cc1ccc(S(=O)(=O)N2CCNC(=O)C2CC(=O)OCCC(C)C)cc1. The summed E-state index contributed by atoms with van der Waals surface area (Å²) in [5.74, 6) is -0.663. The second-order valence-electron chi connectivity index (χ2n) is 6.84. The van der Waals surface area contributed by atoms with Crippen molar-refractivity contribution in [3.8, 4) is 0 Å². The van der Waals surface area contributed by atoms with Crippen molar-refractivity contribution in [1.29, 1.82) is 0 Å². The Bertz CT molecular complexity index is 743. The molecule has 1 aliphatic heterocycles. The molecule has 144 valence electrons. The molecule has 1 saturated heterocycles. The number of carbonyl (C=O) groups excluding carboxylic acids is 2. The molecule has 1 aliphatic rings. The van der Waals surface area contributed by atoms with Gasteiger partial charge >= 0.3 is 5.97 Å². The van der Waals surface area contributed by atoms with Gasteiger partial charge in [0.1, 0.15) is 6.04 Å². The third kappa shape index (κ3) is 5.04. The lowest BCUT2D eigenvalue weighted by atomic mass is 10.1. The molecule has 0 bridgehead atoms. The van der Waals surface area contributed by atoms with Gasteiger partial charge in [-0.3, -0.25) is 9.59 Å². The smallest absolute Gasteiger partial charge is 0.307 e. The molecule has 0 aliphatic carbocycles. The number of aryl methyl sites for hydroxylation is 1. The van der Waals surface area contributed by atoms with Crippen molar-refractivity contribution in [2.45, 2.75) is 44.6 Å². The second-order valence-corrected chi connectivity index (χ2v) is 8.73. The molecule has 1 fully saturated rings. The zero-order valence-electron chi connectivity index (χ0n) is 15.4. The summed E-state index contributed by atoms with van der Waals surface area (Å²) in [4.78, 5) is 24.4. The highest BCUT2D eigenvalue weighted by Crippen LogP contribution is 2.22. The number of carbonyl (C=O) groups is 2. The molecular formula is C18H26N2O5S. The summed E-state index contributed by atoms with van der Waals surface area (Å²) in [6.45, 7) is 6.47. The lowest BCUT2D eigenvalue weighted by Crippen LogP contribution is -2.57. The van der Waals surface area contributed by atoms with E-state index in [1.807, 2.05) is 20.8 Å². The fourth-order valence-electron chi connectivity index (χ4n) is 2.65. The van der Waals surface area contributed by atoms with Crippen LogP contribution in [-0.2, 0) is 24.3 Å². The van der Waals surface area contributed by atoms with Gasteiger partial charge in [0.2, 0.25) is 15.9 Å². The molecule has 8 heteroatoms. The normalized spacial score (nSPS) is 18.6. The number of sulfonamides is 1. The monoisotopic (exact) mass is 382 g/mol. The molecular weight excluding hydrogens is 356 g/mol. The van der Waals surface area contributed by atoms with Crippen LogP contribution in [-0.4, -0.2) is 50.3 Å². The van der Waals surface area contributed by atoms with E-state index in [2.05, 4.69) is 5.32 Å². The van der Waals surface area contributed by atoms with Crippen LogP contribution in [0.1, 0.15) is 32.3 Å². The van der Waals surface area contributed by atoms with Crippen molar-refractivity contribution in [1.82, 2.24) is 9.62 Å². The van der Waals surface area contributed by atoms with E-state index < -0.39 is 27.9 Å². The van der Waals surface area contributed by atoms with Gasteiger partial charge in [0, 0.05) is 13.1 Å². The van der Waals surface area contributed by atoms with Gasteiger partial charge in [-0.25, -0.2) is 8.42 Å². The number of rotatable bonds is 7. The minimum absolute atomic E-state index is 0.107. The Hall–Kier alpha value is -1.93. The van der Waals surface area contributed by atoms with Crippen LogP contribution in [0.5, 0.6) is 0 Å². The molecule has 1 aromatic rings. The molecule has 2 rings (SSSR count). The number of hydrogen-bond donors (Lipinski definition) is 1. The molecule has 0 spiro atoms. The van der Waals surface area contributed by atoms with Gasteiger partial charge in [0.05, 0.1) is 17.9 Å². The Balaban J connectivity index is 2.15. The fraction of sp³-hybridized carbons (Fsp3) is 0.556. The summed E-state index contributed by atoms with van der Waals surface area (Å²) < 4.78 is 32.1. The first-order chi connectivity index (χ1) is 12.2. The molecule has 1 unspecified atom stereocenters. The molecule has 26 heavy (non-hydrogen) atoms. The van der Waals surface area contributed by atoms with Crippen LogP contribution in [0.25, 0.3) is 0 Å². The first-order valence-electron chi connectivity index (χ1n) is 8.73. The van der Waals surface area contributed by atoms with E-state index in [1.165, 1.54) is 12.1 Å². The highest BCUT2D eigenvalue weighted by molar-refractivity contribution is 7.89. The Morgan fingerprint density at radius 3 is 2.58 bits per heavy atom. The van der Waals surface area contributed by atoms with Crippen LogP contribution in [0.3, 0.4) is 0 Å². The Kier molecular flexibility index (Phi) is 6.77. The maximum Gasteiger partial charge on any atom is 0.307 e. The van der Waals surface area contributed by atoms with Crippen LogP contribution in [0.4, 0.5) is 0 Å². The summed E-state index contributed by atoms with van der Waals surface area (Å²) >= 11 is 0. The van der Waals surface area contributed by atoms with Gasteiger partial charge in [-0.1, -0.05) is 31.5 Å². The zero-order valence-corrected chi connectivity index (χ0v) is 16.2.